The van der Waals surface area contributed by atoms with Crippen LogP contribution in [0.4, 0.5) is 8.78 Å². The van der Waals surface area contributed by atoms with Gasteiger partial charge in [0.2, 0.25) is 5.60 Å². The van der Waals surface area contributed by atoms with E-state index in [1.165, 1.54) is 30.5 Å². The van der Waals surface area contributed by atoms with Crippen molar-refractivity contribution in [2.45, 2.75) is 12.0 Å². The van der Waals surface area contributed by atoms with E-state index in [2.05, 4.69) is 0 Å². The number of aliphatic hydroxyl groups is 1. The Labute approximate surface area is 91.1 Å². The number of furan rings is 1. The quantitative estimate of drug-likeness (QED) is 0.869. The molecule has 0 spiro atoms. The summed E-state index contributed by atoms with van der Waals surface area (Å²) in [7, 11) is 0. The maximum Gasteiger partial charge on any atom is 0.278 e. The van der Waals surface area contributed by atoms with Crippen LogP contribution in [0.15, 0.2) is 53.1 Å². The number of hydrogen-bond donors (Lipinski definition) is 1. The van der Waals surface area contributed by atoms with Crippen LogP contribution in [0.1, 0.15) is 11.3 Å². The van der Waals surface area contributed by atoms with Crippen molar-refractivity contribution in [3.63, 3.8) is 0 Å². The highest BCUT2D eigenvalue weighted by Gasteiger charge is 2.44. The molecule has 0 amide bonds. The summed E-state index contributed by atoms with van der Waals surface area (Å²) in [4.78, 5) is 0. The highest BCUT2D eigenvalue weighted by molar-refractivity contribution is 5.31. The van der Waals surface area contributed by atoms with Crippen LogP contribution in [-0.4, -0.2) is 11.5 Å². The number of hydrogen-bond acceptors (Lipinski definition) is 2. The molecule has 84 valence electrons. The van der Waals surface area contributed by atoms with Crippen molar-refractivity contribution in [3.8, 4) is 0 Å². The van der Waals surface area contributed by atoms with Crippen molar-refractivity contribution in [2.75, 3.05) is 0 Å². The molecule has 0 radical (unpaired) electrons. The third-order valence-electron chi connectivity index (χ3n) is 2.43. The number of rotatable bonds is 3. The fourth-order valence-electron chi connectivity index (χ4n) is 1.56. The Morgan fingerprint density at radius 2 is 1.75 bits per heavy atom. The molecule has 1 N–H and O–H groups in total. The van der Waals surface area contributed by atoms with Gasteiger partial charge in [-0.05, 0) is 17.7 Å². The summed E-state index contributed by atoms with van der Waals surface area (Å²) in [5.74, 6) is -0.159. The van der Waals surface area contributed by atoms with Crippen LogP contribution in [0.3, 0.4) is 0 Å². The molecule has 0 bridgehead atoms. The predicted octanol–water partition coefficient (Wildman–Crippen LogP) is 2.78. The molecule has 0 saturated heterocycles. The molecule has 1 aromatic heterocycles. The SMILES string of the molecule is OC(c1ccccc1)(c1ccco1)C(F)F. The molecule has 0 aliphatic carbocycles. The Morgan fingerprint density at radius 3 is 2.25 bits per heavy atom. The van der Waals surface area contributed by atoms with E-state index in [-0.39, 0.29) is 11.3 Å². The lowest BCUT2D eigenvalue weighted by atomic mass is 9.92. The van der Waals surface area contributed by atoms with Gasteiger partial charge in [0.05, 0.1) is 6.26 Å². The molecule has 2 aromatic rings. The zero-order chi connectivity index (χ0) is 11.6. The molecule has 4 heteroatoms. The van der Waals surface area contributed by atoms with Crippen molar-refractivity contribution in [3.05, 3.63) is 60.1 Å². The summed E-state index contributed by atoms with van der Waals surface area (Å²) in [5, 5.41) is 10.1. The largest absolute Gasteiger partial charge is 0.466 e. The van der Waals surface area contributed by atoms with E-state index in [1.54, 1.807) is 18.2 Å². The van der Waals surface area contributed by atoms with E-state index in [0.717, 1.165) is 0 Å². The highest BCUT2D eigenvalue weighted by atomic mass is 19.3. The Hall–Kier alpha value is -1.68. The van der Waals surface area contributed by atoms with Gasteiger partial charge in [0.1, 0.15) is 5.76 Å². The zero-order valence-electron chi connectivity index (χ0n) is 8.31. The molecule has 0 aliphatic rings. The summed E-state index contributed by atoms with van der Waals surface area (Å²) in [6.07, 6.45) is -1.70. The first-order chi connectivity index (χ1) is 7.65. The van der Waals surface area contributed by atoms with Gasteiger partial charge >= 0.3 is 0 Å². The maximum atomic E-state index is 13.0. The summed E-state index contributed by atoms with van der Waals surface area (Å²) >= 11 is 0. The van der Waals surface area contributed by atoms with Crippen molar-refractivity contribution < 1.29 is 18.3 Å². The minimum Gasteiger partial charge on any atom is -0.466 e. The van der Waals surface area contributed by atoms with Crippen LogP contribution in [0.25, 0.3) is 0 Å². The Morgan fingerprint density at radius 1 is 1.06 bits per heavy atom. The monoisotopic (exact) mass is 224 g/mol. The molecule has 0 aliphatic heterocycles. The van der Waals surface area contributed by atoms with Gasteiger partial charge in [-0.25, -0.2) is 8.78 Å². The first-order valence-electron chi connectivity index (χ1n) is 4.75. The van der Waals surface area contributed by atoms with Gasteiger partial charge < -0.3 is 9.52 Å². The number of halogens is 2. The van der Waals surface area contributed by atoms with E-state index in [1.807, 2.05) is 0 Å². The second-order valence-corrected chi connectivity index (χ2v) is 3.41. The van der Waals surface area contributed by atoms with Gasteiger partial charge in [0, 0.05) is 0 Å². The van der Waals surface area contributed by atoms with Crippen LogP contribution in [0.2, 0.25) is 0 Å². The van der Waals surface area contributed by atoms with E-state index in [0.29, 0.717) is 0 Å². The number of alkyl halides is 2. The normalized spacial score (nSPS) is 15.0. The fourth-order valence-corrected chi connectivity index (χ4v) is 1.56. The van der Waals surface area contributed by atoms with Crippen LogP contribution in [0, 0.1) is 0 Å². The lowest BCUT2D eigenvalue weighted by Crippen LogP contribution is -2.35. The standard InChI is InChI=1S/C12H10F2O2/c13-11(14)12(15,10-7-4-8-16-10)9-5-2-1-3-6-9/h1-8,11,15H. The Balaban J connectivity index is 2.53. The molecular weight excluding hydrogens is 214 g/mol. The fraction of sp³-hybridized carbons (Fsp3) is 0.167. The van der Waals surface area contributed by atoms with Crippen molar-refractivity contribution in [1.29, 1.82) is 0 Å². The summed E-state index contributed by atoms with van der Waals surface area (Å²) in [5.41, 5.74) is -2.27. The van der Waals surface area contributed by atoms with Gasteiger partial charge in [-0.3, -0.25) is 0 Å². The molecule has 1 unspecified atom stereocenters. The summed E-state index contributed by atoms with van der Waals surface area (Å²) in [6, 6.07) is 10.5. The molecular formula is C12H10F2O2. The second kappa shape index (κ2) is 4.06. The van der Waals surface area contributed by atoms with Crippen molar-refractivity contribution in [1.82, 2.24) is 0 Å². The van der Waals surface area contributed by atoms with Crippen LogP contribution in [0.5, 0.6) is 0 Å². The minimum absolute atomic E-state index is 0.111. The van der Waals surface area contributed by atoms with Crippen molar-refractivity contribution in [2.24, 2.45) is 0 Å². The van der Waals surface area contributed by atoms with Crippen LogP contribution < -0.4 is 0 Å². The van der Waals surface area contributed by atoms with Gasteiger partial charge in [-0.15, -0.1) is 0 Å². The van der Waals surface area contributed by atoms with E-state index in [4.69, 9.17) is 4.42 Å². The number of benzene rings is 1. The van der Waals surface area contributed by atoms with Crippen LogP contribution >= 0.6 is 0 Å². The lowest BCUT2D eigenvalue weighted by molar-refractivity contribution is -0.0841. The molecule has 2 nitrogen and oxygen atoms in total. The second-order valence-electron chi connectivity index (χ2n) is 3.41. The molecule has 1 aromatic carbocycles. The van der Waals surface area contributed by atoms with Gasteiger partial charge in [0.25, 0.3) is 6.43 Å². The first kappa shape index (κ1) is 10.8. The molecule has 1 atom stereocenters. The Kier molecular flexibility index (Phi) is 2.75. The minimum atomic E-state index is -2.96. The molecule has 2 rings (SSSR count). The lowest BCUT2D eigenvalue weighted by Gasteiger charge is -2.25. The summed E-state index contributed by atoms with van der Waals surface area (Å²) < 4.78 is 30.9. The smallest absolute Gasteiger partial charge is 0.278 e. The average molecular weight is 224 g/mol. The molecule has 16 heavy (non-hydrogen) atoms. The maximum absolute atomic E-state index is 13.0. The van der Waals surface area contributed by atoms with Gasteiger partial charge in [0.15, 0.2) is 0 Å². The molecule has 0 saturated carbocycles. The topological polar surface area (TPSA) is 33.4 Å². The third kappa shape index (κ3) is 1.61. The highest BCUT2D eigenvalue weighted by Crippen LogP contribution is 2.35. The molecule has 0 fully saturated rings. The van der Waals surface area contributed by atoms with E-state index >= 15 is 0 Å². The average Bonchev–Trinajstić information content (AvgIpc) is 2.82. The van der Waals surface area contributed by atoms with E-state index < -0.39 is 12.0 Å². The van der Waals surface area contributed by atoms with Gasteiger partial charge in [-0.1, -0.05) is 30.3 Å². The third-order valence-corrected chi connectivity index (χ3v) is 2.43. The Bertz CT molecular complexity index is 439. The predicted molar refractivity (Wildman–Crippen MR) is 54.2 cm³/mol. The zero-order valence-corrected chi connectivity index (χ0v) is 8.31. The van der Waals surface area contributed by atoms with E-state index in [9.17, 15) is 13.9 Å². The van der Waals surface area contributed by atoms with Crippen molar-refractivity contribution >= 4 is 0 Å². The summed E-state index contributed by atoms with van der Waals surface area (Å²) in [6.45, 7) is 0. The molecule has 1 heterocycles. The first-order valence-corrected chi connectivity index (χ1v) is 4.75. The van der Waals surface area contributed by atoms with Gasteiger partial charge in [-0.2, -0.15) is 0 Å². The van der Waals surface area contributed by atoms with Crippen LogP contribution in [-0.2, 0) is 5.60 Å².